The number of carbonyl (C=O) groups is 1. The number of amides is 1. The molecule has 29 heavy (non-hydrogen) atoms. The second-order valence-corrected chi connectivity index (χ2v) is 7.03. The third-order valence-electron chi connectivity index (χ3n) is 5.01. The fourth-order valence-electron chi connectivity index (χ4n) is 3.25. The van der Waals surface area contributed by atoms with Gasteiger partial charge in [0.05, 0.1) is 5.69 Å². The summed E-state index contributed by atoms with van der Waals surface area (Å²) in [5, 5.41) is 11.9. The van der Waals surface area contributed by atoms with Gasteiger partial charge in [0.2, 0.25) is 0 Å². The maximum atomic E-state index is 13.8. The third kappa shape index (κ3) is 4.12. The highest BCUT2D eigenvalue weighted by molar-refractivity contribution is 6.09. The van der Waals surface area contributed by atoms with Crippen molar-refractivity contribution in [2.75, 3.05) is 5.32 Å². The van der Waals surface area contributed by atoms with Gasteiger partial charge in [-0.25, -0.2) is 4.39 Å². The van der Waals surface area contributed by atoms with Gasteiger partial charge in [-0.1, -0.05) is 18.2 Å². The van der Waals surface area contributed by atoms with E-state index in [-0.39, 0.29) is 11.3 Å². The van der Waals surface area contributed by atoms with Crippen molar-refractivity contribution in [1.29, 1.82) is 5.26 Å². The Hall–Kier alpha value is -3.65. The van der Waals surface area contributed by atoms with Crippen LogP contribution in [0.1, 0.15) is 28.1 Å². The van der Waals surface area contributed by atoms with Crippen LogP contribution in [0.3, 0.4) is 0 Å². The molecule has 0 radical (unpaired) electrons. The van der Waals surface area contributed by atoms with Crippen LogP contribution in [0.5, 0.6) is 0 Å². The first-order valence-electron chi connectivity index (χ1n) is 9.26. The second-order valence-electron chi connectivity index (χ2n) is 7.03. The normalized spacial score (nSPS) is 11.2. The van der Waals surface area contributed by atoms with E-state index in [0.717, 1.165) is 22.6 Å². The van der Waals surface area contributed by atoms with Gasteiger partial charge >= 0.3 is 0 Å². The molecule has 0 unspecified atom stereocenters. The first-order chi connectivity index (χ1) is 13.8. The SMILES string of the molecule is Cc1ccc(-n2c(C)cc(/C=C(\C#N)C(=O)Nc3ccccc3F)c2C)cc1C. The van der Waals surface area contributed by atoms with Gasteiger partial charge in [0.25, 0.3) is 5.91 Å². The van der Waals surface area contributed by atoms with Crippen molar-refractivity contribution >= 4 is 17.7 Å². The first kappa shape index (κ1) is 20.1. The number of nitriles is 1. The van der Waals surface area contributed by atoms with Crippen LogP contribution in [-0.4, -0.2) is 10.5 Å². The molecular formula is C24H22FN3O. The van der Waals surface area contributed by atoms with E-state index in [9.17, 15) is 14.4 Å². The summed E-state index contributed by atoms with van der Waals surface area (Å²) < 4.78 is 15.9. The van der Waals surface area contributed by atoms with E-state index in [0.29, 0.717) is 0 Å². The molecule has 0 saturated heterocycles. The zero-order valence-corrected chi connectivity index (χ0v) is 16.9. The minimum atomic E-state index is -0.645. The largest absolute Gasteiger partial charge is 0.319 e. The highest BCUT2D eigenvalue weighted by atomic mass is 19.1. The third-order valence-corrected chi connectivity index (χ3v) is 5.01. The number of aromatic nitrogens is 1. The van der Waals surface area contributed by atoms with E-state index in [1.165, 1.54) is 35.4 Å². The van der Waals surface area contributed by atoms with Gasteiger partial charge in [0, 0.05) is 17.1 Å². The van der Waals surface area contributed by atoms with E-state index >= 15 is 0 Å². The van der Waals surface area contributed by atoms with Crippen LogP contribution in [0.15, 0.2) is 54.1 Å². The lowest BCUT2D eigenvalue weighted by Gasteiger charge is -2.12. The molecule has 0 aliphatic heterocycles. The minimum absolute atomic E-state index is 0.0410. The van der Waals surface area contributed by atoms with Crippen molar-refractivity contribution in [3.8, 4) is 11.8 Å². The lowest BCUT2D eigenvalue weighted by molar-refractivity contribution is -0.112. The molecule has 0 bridgehead atoms. The molecule has 3 rings (SSSR count). The molecule has 0 aliphatic rings. The van der Waals surface area contributed by atoms with Crippen molar-refractivity contribution in [1.82, 2.24) is 4.57 Å². The molecule has 4 nitrogen and oxygen atoms in total. The summed E-state index contributed by atoms with van der Waals surface area (Å²) in [6.07, 6.45) is 1.54. The molecule has 1 N–H and O–H groups in total. The summed E-state index contributed by atoms with van der Waals surface area (Å²) in [6, 6.07) is 15.9. The minimum Gasteiger partial charge on any atom is -0.319 e. The summed E-state index contributed by atoms with van der Waals surface area (Å²) in [4.78, 5) is 12.5. The molecule has 2 aromatic carbocycles. The standard InChI is InChI=1S/C24H22FN3O/c1-15-9-10-21(11-16(15)2)28-17(3)12-19(18(28)4)13-20(14-26)24(29)27-23-8-6-5-7-22(23)25/h5-13H,1-4H3,(H,27,29)/b20-13+. The van der Waals surface area contributed by atoms with Crippen molar-refractivity contribution in [2.45, 2.75) is 27.7 Å². The van der Waals surface area contributed by atoms with Crippen LogP contribution < -0.4 is 5.32 Å². The van der Waals surface area contributed by atoms with E-state index < -0.39 is 11.7 Å². The van der Waals surface area contributed by atoms with Gasteiger partial charge < -0.3 is 9.88 Å². The Morgan fingerprint density at radius 2 is 1.79 bits per heavy atom. The number of hydrogen-bond acceptors (Lipinski definition) is 2. The number of rotatable bonds is 4. The number of anilines is 1. The Labute approximate surface area is 169 Å². The summed E-state index contributed by atoms with van der Waals surface area (Å²) in [7, 11) is 0. The van der Waals surface area contributed by atoms with Crippen LogP contribution in [-0.2, 0) is 4.79 Å². The maximum absolute atomic E-state index is 13.8. The molecule has 0 aliphatic carbocycles. The van der Waals surface area contributed by atoms with Crippen LogP contribution in [0.2, 0.25) is 0 Å². The predicted octanol–water partition coefficient (Wildman–Crippen LogP) is 5.40. The van der Waals surface area contributed by atoms with Gasteiger partial charge in [-0.3, -0.25) is 4.79 Å². The van der Waals surface area contributed by atoms with Crippen LogP contribution in [0.4, 0.5) is 10.1 Å². The van der Waals surface area contributed by atoms with Crippen LogP contribution in [0, 0.1) is 44.8 Å². The first-order valence-corrected chi connectivity index (χ1v) is 9.26. The molecule has 146 valence electrons. The van der Waals surface area contributed by atoms with Crippen molar-refractivity contribution in [3.63, 3.8) is 0 Å². The summed E-state index contributed by atoms with van der Waals surface area (Å²) in [5.74, 6) is -1.19. The molecule has 0 fully saturated rings. The number of halogens is 1. The quantitative estimate of drug-likeness (QED) is 0.482. The molecule has 0 saturated carbocycles. The Balaban J connectivity index is 1.96. The highest BCUT2D eigenvalue weighted by Gasteiger charge is 2.15. The van der Waals surface area contributed by atoms with Gasteiger partial charge in [-0.2, -0.15) is 5.26 Å². The summed E-state index contributed by atoms with van der Waals surface area (Å²) in [5.41, 5.74) is 6.05. The van der Waals surface area contributed by atoms with E-state index in [1.54, 1.807) is 6.07 Å². The number of nitrogens with zero attached hydrogens (tertiary/aromatic N) is 2. The Morgan fingerprint density at radius 3 is 2.45 bits per heavy atom. The molecule has 1 heterocycles. The molecule has 3 aromatic rings. The number of hydrogen-bond donors (Lipinski definition) is 1. The molecule has 0 atom stereocenters. The fraction of sp³-hybridized carbons (Fsp3) is 0.167. The van der Waals surface area contributed by atoms with E-state index in [2.05, 4.69) is 35.9 Å². The molecule has 0 spiro atoms. The van der Waals surface area contributed by atoms with E-state index in [1.807, 2.05) is 32.0 Å². The van der Waals surface area contributed by atoms with Crippen LogP contribution in [0.25, 0.3) is 11.8 Å². The van der Waals surface area contributed by atoms with Gasteiger partial charge in [0.15, 0.2) is 0 Å². The van der Waals surface area contributed by atoms with Crippen molar-refractivity contribution in [3.05, 3.63) is 88.0 Å². The zero-order valence-electron chi connectivity index (χ0n) is 16.9. The number of para-hydroxylation sites is 1. The Morgan fingerprint density at radius 1 is 1.07 bits per heavy atom. The smallest absolute Gasteiger partial charge is 0.266 e. The van der Waals surface area contributed by atoms with Gasteiger partial charge in [-0.05, 0) is 80.8 Å². The predicted molar refractivity (Wildman–Crippen MR) is 113 cm³/mol. The second kappa shape index (κ2) is 8.15. The topological polar surface area (TPSA) is 57.8 Å². The molecular weight excluding hydrogens is 365 g/mol. The average molecular weight is 387 g/mol. The Bertz CT molecular complexity index is 1170. The summed E-state index contributed by atoms with van der Waals surface area (Å²) in [6.45, 7) is 8.05. The zero-order chi connectivity index (χ0) is 21.1. The number of nitrogens with one attached hydrogen (secondary N) is 1. The number of benzene rings is 2. The average Bonchev–Trinajstić information content (AvgIpc) is 2.97. The van der Waals surface area contributed by atoms with Gasteiger partial charge in [0.1, 0.15) is 17.5 Å². The fourth-order valence-corrected chi connectivity index (χ4v) is 3.25. The van der Waals surface area contributed by atoms with Crippen molar-refractivity contribution < 1.29 is 9.18 Å². The lowest BCUT2D eigenvalue weighted by Crippen LogP contribution is -2.14. The molecule has 1 aromatic heterocycles. The monoisotopic (exact) mass is 387 g/mol. The molecule has 5 heteroatoms. The summed E-state index contributed by atoms with van der Waals surface area (Å²) >= 11 is 0. The van der Waals surface area contributed by atoms with Crippen molar-refractivity contribution in [2.24, 2.45) is 0 Å². The molecule has 1 amide bonds. The van der Waals surface area contributed by atoms with Crippen LogP contribution >= 0.6 is 0 Å². The number of carbonyl (C=O) groups excluding carboxylic acids is 1. The highest BCUT2D eigenvalue weighted by Crippen LogP contribution is 2.24. The lowest BCUT2D eigenvalue weighted by atomic mass is 10.1. The number of aryl methyl sites for hydroxylation is 3. The van der Waals surface area contributed by atoms with Gasteiger partial charge in [-0.15, -0.1) is 0 Å². The Kier molecular flexibility index (Phi) is 5.65. The van der Waals surface area contributed by atoms with E-state index in [4.69, 9.17) is 0 Å². The maximum Gasteiger partial charge on any atom is 0.266 e.